The van der Waals surface area contributed by atoms with Gasteiger partial charge in [0.2, 0.25) is 0 Å². The summed E-state index contributed by atoms with van der Waals surface area (Å²) >= 11 is 0. The number of ether oxygens (including phenoxy) is 1. The normalized spacial score (nSPS) is 25.1. The summed E-state index contributed by atoms with van der Waals surface area (Å²) in [6.07, 6.45) is 11.3. The van der Waals surface area contributed by atoms with Gasteiger partial charge in [-0.1, -0.05) is 6.07 Å². The number of anilines is 1. The molecule has 1 atom stereocenters. The maximum Gasteiger partial charge on any atom is 0.147 e. The predicted octanol–water partition coefficient (Wildman–Crippen LogP) is 1.74. The van der Waals surface area contributed by atoms with Crippen molar-refractivity contribution in [3.8, 4) is 0 Å². The van der Waals surface area contributed by atoms with Crippen molar-refractivity contribution in [2.24, 2.45) is 0 Å². The van der Waals surface area contributed by atoms with E-state index in [9.17, 15) is 0 Å². The number of pyridine rings is 1. The highest BCUT2D eigenvalue weighted by atomic mass is 16.5. The van der Waals surface area contributed by atoms with Gasteiger partial charge < -0.3 is 9.64 Å². The van der Waals surface area contributed by atoms with E-state index in [4.69, 9.17) is 4.74 Å². The van der Waals surface area contributed by atoms with Crippen LogP contribution in [0.15, 0.2) is 43.1 Å². The van der Waals surface area contributed by atoms with Crippen LogP contribution in [0, 0.1) is 0 Å². The van der Waals surface area contributed by atoms with Crippen molar-refractivity contribution < 1.29 is 4.74 Å². The highest BCUT2D eigenvalue weighted by Crippen LogP contribution is 2.31. The maximum absolute atomic E-state index is 6.28. The minimum atomic E-state index is -0.101. The second-order valence-corrected chi connectivity index (χ2v) is 6.69. The van der Waals surface area contributed by atoms with Gasteiger partial charge in [0.05, 0.1) is 18.4 Å². The van der Waals surface area contributed by atoms with E-state index in [0.717, 1.165) is 58.0 Å². The molecule has 24 heavy (non-hydrogen) atoms. The molecule has 2 aliphatic heterocycles. The fourth-order valence-electron chi connectivity index (χ4n) is 3.80. The Morgan fingerprint density at radius 2 is 2.04 bits per heavy atom. The Hall–Kier alpha value is -2.05. The van der Waals surface area contributed by atoms with Crippen molar-refractivity contribution in [1.82, 2.24) is 19.9 Å². The molecule has 2 fully saturated rings. The first-order chi connectivity index (χ1) is 11.8. The van der Waals surface area contributed by atoms with E-state index in [-0.39, 0.29) is 5.60 Å². The lowest BCUT2D eigenvalue weighted by molar-refractivity contribution is -0.116. The SMILES string of the molecule is c1cncc(CN2CCOC3(CCCN(c4cnccn4)C3)C2)c1. The molecule has 0 amide bonds. The Kier molecular flexibility index (Phi) is 4.40. The van der Waals surface area contributed by atoms with Crippen molar-refractivity contribution in [3.05, 3.63) is 48.7 Å². The molecule has 4 rings (SSSR count). The average Bonchev–Trinajstić information content (AvgIpc) is 2.63. The molecule has 0 radical (unpaired) electrons. The van der Waals surface area contributed by atoms with Gasteiger partial charge in [-0.2, -0.15) is 0 Å². The van der Waals surface area contributed by atoms with Crippen LogP contribution in [0.1, 0.15) is 18.4 Å². The van der Waals surface area contributed by atoms with Crippen LogP contribution in [0.3, 0.4) is 0 Å². The molecule has 6 nitrogen and oxygen atoms in total. The molecule has 2 aromatic rings. The van der Waals surface area contributed by atoms with E-state index in [0.29, 0.717) is 0 Å². The second kappa shape index (κ2) is 6.83. The summed E-state index contributed by atoms with van der Waals surface area (Å²) in [7, 11) is 0. The number of hydrogen-bond acceptors (Lipinski definition) is 6. The lowest BCUT2D eigenvalue weighted by Gasteiger charge is -2.48. The first kappa shape index (κ1) is 15.5. The Morgan fingerprint density at radius 1 is 1.08 bits per heavy atom. The molecule has 0 aliphatic carbocycles. The Bertz CT molecular complexity index is 649. The Balaban J connectivity index is 1.45. The van der Waals surface area contributed by atoms with Crippen molar-refractivity contribution in [1.29, 1.82) is 0 Å². The van der Waals surface area contributed by atoms with E-state index < -0.39 is 0 Å². The standard InChI is InChI=1S/C18H23N5O/c1-3-16(11-19-5-1)13-22-9-10-24-18(14-22)4-2-8-23(15-18)17-12-20-6-7-21-17/h1,3,5-7,11-12H,2,4,8-10,13-15H2. The molecule has 4 heterocycles. The molecule has 2 saturated heterocycles. The molecule has 1 unspecified atom stereocenters. The number of piperidine rings is 1. The molecule has 126 valence electrons. The van der Waals surface area contributed by atoms with Crippen molar-refractivity contribution in [2.75, 3.05) is 37.7 Å². The number of aromatic nitrogens is 3. The monoisotopic (exact) mass is 325 g/mol. The van der Waals surface area contributed by atoms with Crippen LogP contribution in [0.2, 0.25) is 0 Å². The van der Waals surface area contributed by atoms with Crippen LogP contribution >= 0.6 is 0 Å². The van der Waals surface area contributed by atoms with Gasteiger partial charge in [-0.3, -0.25) is 14.9 Å². The lowest BCUT2D eigenvalue weighted by atomic mass is 9.90. The minimum absolute atomic E-state index is 0.101. The van der Waals surface area contributed by atoms with Crippen molar-refractivity contribution in [3.63, 3.8) is 0 Å². The van der Waals surface area contributed by atoms with Gasteiger partial charge in [-0.05, 0) is 24.5 Å². The van der Waals surface area contributed by atoms with Gasteiger partial charge in [0.15, 0.2) is 0 Å². The van der Waals surface area contributed by atoms with Gasteiger partial charge >= 0.3 is 0 Å². The fourth-order valence-corrected chi connectivity index (χ4v) is 3.80. The molecule has 0 aromatic carbocycles. The highest BCUT2D eigenvalue weighted by Gasteiger charge is 2.40. The van der Waals surface area contributed by atoms with E-state index in [1.165, 1.54) is 5.56 Å². The van der Waals surface area contributed by atoms with Crippen molar-refractivity contribution in [2.45, 2.75) is 25.0 Å². The van der Waals surface area contributed by atoms with E-state index in [1.807, 2.05) is 24.7 Å². The summed E-state index contributed by atoms with van der Waals surface area (Å²) in [6, 6.07) is 4.14. The molecule has 6 heteroatoms. The fraction of sp³-hybridized carbons (Fsp3) is 0.500. The summed E-state index contributed by atoms with van der Waals surface area (Å²) in [4.78, 5) is 17.7. The summed E-state index contributed by atoms with van der Waals surface area (Å²) in [5.41, 5.74) is 1.16. The molecule has 0 saturated carbocycles. The zero-order valence-electron chi connectivity index (χ0n) is 13.8. The summed E-state index contributed by atoms with van der Waals surface area (Å²) in [5.74, 6) is 0.949. The maximum atomic E-state index is 6.28. The van der Waals surface area contributed by atoms with Gasteiger partial charge in [-0.25, -0.2) is 4.98 Å². The topological polar surface area (TPSA) is 54.4 Å². The quantitative estimate of drug-likeness (QED) is 0.857. The van der Waals surface area contributed by atoms with Gasteiger partial charge in [0, 0.05) is 57.5 Å². The molecule has 2 aromatic heterocycles. The molecular weight excluding hydrogens is 302 g/mol. The molecule has 0 bridgehead atoms. The zero-order chi connectivity index (χ0) is 16.2. The van der Waals surface area contributed by atoms with Crippen molar-refractivity contribution >= 4 is 5.82 Å². The van der Waals surface area contributed by atoms with Crippen LogP contribution in [0.5, 0.6) is 0 Å². The summed E-state index contributed by atoms with van der Waals surface area (Å²) in [6.45, 7) is 5.56. The van der Waals surface area contributed by atoms with Gasteiger partial charge in [0.25, 0.3) is 0 Å². The first-order valence-electron chi connectivity index (χ1n) is 8.59. The van der Waals surface area contributed by atoms with Gasteiger partial charge in [-0.15, -0.1) is 0 Å². The summed E-state index contributed by atoms with van der Waals surface area (Å²) < 4.78 is 6.28. The van der Waals surface area contributed by atoms with E-state index in [2.05, 4.69) is 30.8 Å². The number of hydrogen-bond donors (Lipinski definition) is 0. The minimum Gasteiger partial charge on any atom is -0.370 e. The van der Waals surface area contributed by atoms with Crippen LogP contribution in [-0.4, -0.2) is 58.2 Å². The van der Waals surface area contributed by atoms with Crippen LogP contribution in [0.4, 0.5) is 5.82 Å². The number of rotatable bonds is 3. The highest BCUT2D eigenvalue weighted by molar-refractivity contribution is 5.36. The third-order valence-corrected chi connectivity index (χ3v) is 4.87. The lowest BCUT2D eigenvalue weighted by Crippen LogP contribution is -2.59. The molecule has 0 N–H and O–H groups in total. The smallest absolute Gasteiger partial charge is 0.147 e. The van der Waals surface area contributed by atoms with Crippen LogP contribution in [0.25, 0.3) is 0 Å². The largest absolute Gasteiger partial charge is 0.370 e. The van der Waals surface area contributed by atoms with Gasteiger partial charge in [0.1, 0.15) is 5.82 Å². The molecular formula is C18H23N5O. The summed E-state index contributed by atoms with van der Waals surface area (Å²) in [5, 5.41) is 0. The average molecular weight is 325 g/mol. The first-order valence-corrected chi connectivity index (χ1v) is 8.59. The molecule has 2 aliphatic rings. The third-order valence-electron chi connectivity index (χ3n) is 4.87. The Morgan fingerprint density at radius 3 is 2.88 bits per heavy atom. The van der Waals surface area contributed by atoms with Crippen LogP contribution < -0.4 is 4.90 Å². The van der Waals surface area contributed by atoms with Crippen LogP contribution in [-0.2, 0) is 11.3 Å². The number of morpholine rings is 1. The predicted molar refractivity (Wildman–Crippen MR) is 91.7 cm³/mol. The van der Waals surface area contributed by atoms with E-state index >= 15 is 0 Å². The zero-order valence-corrected chi connectivity index (χ0v) is 13.8. The molecule has 1 spiro atoms. The second-order valence-electron chi connectivity index (χ2n) is 6.69. The Labute approximate surface area is 142 Å². The van der Waals surface area contributed by atoms with E-state index in [1.54, 1.807) is 12.4 Å². The third kappa shape index (κ3) is 3.39. The number of nitrogens with zero attached hydrogens (tertiary/aromatic N) is 5.